The van der Waals surface area contributed by atoms with E-state index in [0.717, 1.165) is 17.7 Å². The lowest BCUT2D eigenvalue weighted by Crippen LogP contribution is -2.32. The van der Waals surface area contributed by atoms with Crippen LogP contribution in [-0.2, 0) is 6.18 Å². The number of urea groups is 1. The van der Waals surface area contributed by atoms with Crippen molar-refractivity contribution in [3.05, 3.63) is 58.6 Å². The zero-order chi connectivity index (χ0) is 18.4. The van der Waals surface area contributed by atoms with E-state index in [-0.39, 0.29) is 23.9 Å². The van der Waals surface area contributed by atoms with Crippen LogP contribution in [0.15, 0.2) is 42.5 Å². The van der Waals surface area contributed by atoms with Gasteiger partial charge in [-0.25, -0.2) is 4.79 Å². The second-order valence-corrected chi connectivity index (χ2v) is 5.67. The van der Waals surface area contributed by atoms with E-state index in [1.165, 1.54) is 6.07 Å². The van der Waals surface area contributed by atoms with Crippen LogP contribution in [0.2, 0.25) is 5.02 Å². The third-order valence-corrected chi connectivity index (χ3v) is 3.42. The summed E-state index contributed by atoms with van der Waals surface area (Å²) >= 11 is 5.59. The fourth-order valence-corrected chi connectivity index (χ4v) is 2.24. The number of ether oxygens (including phenoxy) is 1. The summed E-state index contributed by atoms with van der Waals surface area (Å²) in [4.78, 5) is 11.8. The zero-order valence-corrected chi connectivity index (χ0v) is 14.0. The van der Waals surface area contributed by atoms with Crippen molar-refractivity contribution >= 4 is 23.3 Å². The molecule has 8 heteroatoms. The molecule has 2 rings (SSSR count). The standard InChI is InChI=1S/C17H16ClF3N2O2/c1-11-3-2-4-13(9-11)25-8-7-22-16(24)23-15-6-5-12(18)10-14(15)17(19,20)21/h2-6,9-10H,7-8H2,1H3,(H2,22,23,24). The van der Waals surface area contributed by atoms with E-state index in [9.17, 15) is 18.0 Å². The Labute approximate surface area is 147 Å². The Balaban J connectivity index is 1.86. The maximum atomic E-state index is 13.0. The number of rotatable bonds is 5. The summed E-state index contributed by atoms with van der Waals surface area (Å²) in [6.07, 6.45) is -4.62. The highest BCUT2D eigenvalue weighted by Gasteiger charge is 2.34. The van der Waals surface area contributed by atoms with Gasteiger partial charge in [0.25, 0.3) is 0 Å². The molecule has 4 nitrogen and oxygen atoms in total. The molecular weight excluding hydrogens is 357 g/mol. The number of aryl methyl sites for hydroxylation is 1. The van der Waals surface area contributed by atoms with Crippen molar-refractivity contribution in [2.45, 2.75) is 13.1 Å². The van der Waals surface area contributed by atoms with Crippen LogP contribution in [0.25, 0.3) is 0 Å². The number of carbonyl (C=O) groups excluding carboxylic acids is 1. The number of alkyl halides is 3. The minimum absolute atomic E-state index is 0.0650. The topological polar surface area (TPSA) is 50.4 Å². The van der Waals surface area contributed by atoms with Gasteiger partial charge in [-0.2, -0.15) is 13.2 Å². The van der Waals surface area contributed by atoms with Crippen LogP contribution in [0, 0.1) is 6.92 Å². The summed E-state index contributed by atoms with van der Waals surface area (Å²) < 4.78 is 44.3. The fraction of sp³-hybridized carbons (Fsp3) is 0.235. The van der Waals surface area contributed by atoms with Gasteiger partial charge < -0.3 is 15.4 Å². The monoisotopic (exact) mass is 372 g/mol. The Kier molecular flexibility index (Phi) is 6.14. The van der Waals surface area contributed by atoms with Gasteiger partial charge in [0.2, 0.25) is 0 Å². The normalized spacial score (nSPS) is 11.1. The molecule has 0 radical (unpaired) electrons. The van der Waals surface area contributed by atoms with Crippen LogP contribution in [0.4, 0.5) is 23.7 Å². The van der Waals surface area contributed by atoms with Crippen LogP contribution in [0.1, 0.15) is 11.1 Å². The highest BCUT2D eigenvalue weighted by molar-refractivity contribution is 6.30. The van der Waals surface area contributed by atoms with E-state index < -0.39 is 17.8 Å². The number of nitrogens with one attached hydrogen (secondary N) is 2. The lowest BCUT2D eigenvalue weighted by Gasteiger charge is -2.14. The Morgan fingerprint density at radius 2 is 1.96 bits per heavy atom. The van der Waals surface area contributed by atoms with Crippen molar-refractivity contribution in [2.24, 2.45) is 0 Å². The third kappa shape index (κ3) is 5.86. The smallest absolute Gasteiger partial charge is 0.418 e. The number of halogens is 4. The Hall–Kier alpha value is -2.41. The van der Waals surface area contributed by atoms with Crippen molar-refractivity contribution in [1.29, 1.82) is 0 Å². The fourth-order valence-electron chi connectivity index (χ4n) is 2.07. The molecule has 2 aromatic carbocycles. The van der Waals surface area contributed by atoms with Crippen LogP contribution in [0.3, 0.4) is 0 Å². The lowest BCUT2D eigenvalue weighted by atomic mass is 10.1. The molecule has 2 N–H and O–H groups in total. The second kappa shape index (κ2) is 8.11. The molecule has 2 amide bonds. The molecule has 0 fully saturated rings. The number of anilines is 1. The molecule has 0 aromatic heterocycles. The van der Waals surface area contributed by atoms with Crippen molar-refractivity contribution in [1.82, 2.24) is 5.32 Å². The minimum Gasteiger partial charge on any atom is -0.492 e. The van der Waals surface area contributed by atoms with Crippen LogP contribution < -0.4 is 15.4 Å². The van der Waals surface area contributed by atoms with Gasteiger partial charge in [0, 0.05) is 5.02 Å². The summed E-state index contributed by atoms with van der Waals surface area (Å²) in [6.45, 7) is 2.24. The minimum atomic E-state index is -4.62. The first-order valence-electron chi connectivity index (χ1n) is 7.37. The number of carbonyl (C=O) groups is 1. The second-order valence-electron chi connectivity index (χ2n) is 5.23. The molecule has 0 aliphatic heterocycles. The molecular formula is C17H16ClF3N2O2. The summed E-state index contributed by atoms with van der Waals surface area (Å²) in [5.74, 6) is 0.652. The molecule has 0 aliphatic rings. The van der Waals surface area contributed by atoms with Gasteiger partial charge in [0.1, 0.15) is 12.4 Å². The molecule has 0 saturated carbocycles. The van der Waals surface area contributed by atoms with E-state index >= 15 is 0 Å². The average Bonchev–Trinajstić information content (AvgIpc) is 2.52. The SMILES string of the molecule is Cc1cccc(OCCNC(=O)Nc2ccc(Cl)cc2C(F)(F)F)c1. The summed E-state index contributed by atoms with van der Waals surface area (Å²) in [7, 11) is 0. The molecule has 0 atom stereocenters. The van der Waals surface area contributed by atoms with Crippen molar-refractivity contribution in [3.8, 4) is 5.75 Å². The molecule has 134 valence electrons. The molecule has 0 saturated heterocycles. The molecule has 0 aliphatic carbocycles. The lowest BCUT2D eigenvalue weighted by molar-refractivity contribution is -0.136. The Bertz CT molecular complexity index is 751. The molecule has 2 aromatic rings. The Morgan fingerprint density at radius 1 is 1.20 bits per heavy atom. The van der Waals surface area contributed by atoms with Crippen molar-refractivity contribution < 1.29 is 22.7 Å². The third-order valence-electron chi connectivity index (χ3n) is 3.18. The van der Waals surface area contributed by atoms with Gasteiger partial charge in [0.15, 0.2) is 0 Å². The van der Waals surface area contributed by atoms with E-state index in [0.29, 0.717) is 5.75 Å². The van der Waals surface area contributed by atoms with Gasteiger partial charge in [-0.1, -0.05) is 23.7 Å². The first-order valence-corrected chi connectivity index (χ1v) is 7.74. The number of hydrogen-bond donors (Lipinski definition) is 2. The molecule has 0 spiro atoms. The van der Waals surface area contributed by atoms with Crippen molar-refractivity contribution in [2.75, 3.05) is 18.5 Å². The maximum Gasteiger partial charge on any atom is 0.418 e. The van der Waals surface area contributed by atoms with Crippen LogP contribution in [-0.4, -0.2) is 19.2 Å². The van der Waals surface area contributed by atoms with Gasteiger partial charge >= 0.3 is 12.2 Å². The summed E-state index contributed by atoms with van der Waals surface area (Å²) in [6, 6.07) is 9.74. The molecule has 0 bridgehead atoms. The van der Waals surface area contributed by atoms with Gasteiger partial charge in [-0.3, -0.25) is 0 Å². The number of amides is 2. The zero-order valence-electron chi connectivity index (χ0n) is 13.3. The van der Waals surface area contributed by atoms with Gasteiger partial charge in [0.05, 0.1) is 17.8 Å². The average molecular weight is 373 g/mol. The Morgan fingerprint density at radius 3 is 2.64 bits per heavy atom. The van der Waals surface area contributed by atoms with Crippen LogP contribution >= 0.6 is 11.6 Å². The first-order chi connectivity index (χ1) is 11.8. The quantitative estimate of drug-likeness (QED) is 0.736. The van der Waals surface area contributed by atoms with Crippen molar-refractivity contribution in [3.63, 3.8) is 0 Å². The predicted octanol–water partition coefficient (Wildman–Crippen LogP) is 4.87. The summed E-state index contributed by atoms with van der Waals surface area (Å²) in [5, 5.41) is 4.54. The van der Waals surface area contributed by atoms with Gasteiger partial charge in [-0.15, -0.1) is 0 Å². The van der Waals surface area contributed by atoms with E-state index in [1.807, 2.05) is 25.1 Å². The highest BCUT2D eigenvalue weighted by atomic mass is 35.5. The number of benzene rings is 2. The number of hydrogen-bond acceptors (Lipinski definition) is 2. The maximum absolute atomic E-state index is 13.0. The predicted molar refractivity (Wildman–Crippen MR) is 90.1 cm³/mol. The molecule has 0 unspecified atom stereocenters. The van der Waals surface area contributed by atoms with E-state index in [1.54, 1.807) is 6.07 Å². The van der Waals surface area contributed by atoms with E-state index in [2.05, 4.69) is 10.6 Å². The van der Waals surface area contributed by atoms with Crippen LogP contribution in [0.5, 0.6) is 5.75 Å². The van der Waals surface area contributed by atoms with Gasteiger partial charge in [-0.05, 0) is 42.8 Å². The summed E-state index contributed by atoms with van der Waals surface area (Å²) in [5.41, 5.74) is -0.342. The van der Waals surface area contributed by atoms with E-state index in [4.69, 9.17) is 16.3 Å². The highest BCUT2D eigenvalue weighted by Crippen LogP contribution is 2.36. The molecule has 0 heterocycles. The largest absolute Gasteiger partial charge is 0.492 e. The molecule has 25 heavy (non-hydrogen) atoms. The first kappa shape index (κ1) is 18.9.